The van der Waals surface area contributed by atoms with Crippen LogP contribution in [0.2, 0.25) is 0 Å². The van der Waals surface area contributed by atoms with Crippen LogP contribution in [0.3, 0.4) is 0 Å². The Bertz CT molecular complexity index is 341. The van der Waals surface area contributed by atoms with Crippen LogP contribution in [-0.4, -0.2) is 17.5 Å². The summed E-state index contributed by atoms with van der Waals surface area (Å²) in [7, 11) is 0. The number of hydrogen-bond donors (Lipinski definition) is 1. The van der Waals surface area contributed by atoms with E-state index in [0.29, 0.717) is 0 Å². The second kappa shape index (κ2) is 4.23. The first-order valence-corrected chi connectivity index (χ1v) is 5.17. The van der Waals surface area contributed by atoms with Gasteiger partial charge in [0.05, 0.1) is 6.04 Å². The summed E-state index contributed by atoms with van der Waals surface area (Å²) in [5.41, 5.74) is 7.36. The monoisotopic (exact) mass is 212 g/mol. The SMILES string of the molecule is NC(C(F)F)C1CCCc2cccnc21. The molecule has 2 rings (SSSR count). The molecule has 1 aliphatic carbocycles. The average Bonchev–Trinajstić information content (AvgIpc) is 2.27. The molecule has 15 heavy (non-hydrogen) atoms. The predicted octanol–water partition coefficient (Wildman–Crippen LogP) is 2.09. The number of nitrogens with two attached hydrogens (primary N) is 1. The molecule has 2 atom stereocenters. The summed E-state index contributed by atoms with van der Waals surface area (Å²) in [4.78, 5) is 4.19. The first kappa shape index (κ1) is 10.5. The van der Waals surface area contributed by atoms with Gasteiger partial charge in [0, 0.05) is 17.8 Å². The van der Waals surface area contributed by atoms with Crippen molar-refractivity contribution in [3.05, 3.63) is 29.6 Å². The van der Waals surface area contributed by atoms with Gasteiger partial charge in [-0.1, -0.05) is 6.07 Å². The van der Waals surface area contributed by atoms with E-state index in [1.165, 1.54) is 0 Å². The zero-order valence-electron chi connectivity index (χ0n) is 8.37. The lowest BCUT2D eigenvalue weighted by Gasteiger charge is -2.28. The largest absolute Gasteiger partial charge is 0.322 e. The van der Waals surface area contributed by atoms with Crippen LogP contribution in [0.1, 0.15) is 30.0 Å². The molecule has 82 valence electrons. The molecule has 0 aromatic carbocycles. The fourth-order valence-corrected chi connectivity index (χ4v) is 2.20. The van der Waals surface area contributed by atoms with Gasteiger partial charge in [0.25, 0.3) is 6.43 Å². The van der Waals surface area contributed by atoms with Crippen LogP contribution in [0.5, 0.6) is 0 Å². The molecule has 1 aromatic rings. The fraction of sp³-hybridized carbons (Fsp3) is 0.545. The third-order valence-electron chi connectivity index (χ3n) is 2.99. The summed E-state index contributed by atoms with van der Waals surface area (Å²) in [6, 6.07) is 2.71. The molecule has 4 heteroatoms. The summed E-state index contributed by atoms with van der Waals surface area (Å²) in [6.45, 7) is 0. The van der Waals surface area contributed by atoms with Crippen molar-refractivity contribution in [1.29, 1.82) is 0 Å². The van der Waals surface area contributed by atoms with E-state index in [0.717, 1.165) is 30.5 Å². The summed E-state index contributed by atoms with van der Waals surface area (Å²) in [5.74, 6) is -0.282. The van der Waals surface area contributed by atoms with Crippen molar-refractivity contribution >= 4 is 0 Å². The van der Waals surface area contributed by atoms with E-state index in [-0.39, 0.29) is 5.92 Å². The number of aromatic nitrogens is 1. The van der Waals surface area contributed by atoms with Crippen LogP contribution in [0.25, 0.3) is 0 Å². The van der Waals surface area contributed by atoms with Crippen LogP contribution in [0, 0.1) is 0 Å². The van der Waals surface area contributed by atoms with Gasteiger partial charge < -0.3 is 5.73 Å². The normalized spacial score (nSPS) is 22.5. The number of nitrogens with zero attached hydrogens (tertiary/aromatic N) is 1. The molecule has 0 saturated heterocycles. The van der Waals surface area contributed by atoms with Gasteiger partial charge in [-0.25, -0.2) is 8.78 Å². The molecule has 0 fully saturated rings. The summed E-state index contributed by atoms with van der Waals surface area (Å²) in [5, 5.41) is 0. The van der Waals surface area contributed by atoms with E-state index in [1.54, 1.807) is 6.20 Å². The van der Waals surface area contributed by atoms with Crippen LogP contribution in [0.4, 0.5) is 8.78 Å². The lowest BCUT2D eigenvalue weighted by Crippen LogP contribution is -2.37. The maximum atomic E-state index is 12.6. The van der Waals surface area contributed by atoms with E-state index < -0.39 is 12.5 Å². The Kier molecular flexibility index (Phi) is 2.95. The first-order valence-electron chi connectivity index (χ1n) is 5.17. The molecule has 0 bridgehead atoms. The quantitative estimate of drug-likeness (QED) is 0.815. The molecule has 0 spiro atoms. The summed E-state index contributed by atoms with van der Waals surface area (Å²) in [6.07, 6.45) is 1.74. The maximum absolute atomic E-state index is 12.6. The predicted molar refractivity (Wildman–Crippen MR) is 53.9 cm³/mol. The van der Waals surface area contributed by atoms with Crippen LogP contribution >= 0.6 is 0 Å². The molecule has 2 nitrogen and oxygen atoms in total. The number of rotatable bonds is 2. The number of fused-ring (bicyclic) bond motifs is 1. The van der Waals surface area contributed by atoms with Crippen molar-refractivity contribution in [3.63, 3.8) is 0 Å². The van der Waals surface area contributed by atoms with Crippen LogP contribution < -0.4 is 5.73 Å². The van der Waals surface area contributed by atoms with E-state index in [9.17, 15) is 8.78 Å². The van der Waals surface area contributed by atoms with Crippen molar-refractivity contribution in [2.75, 3.05) is 0 Å². The summed E-state index contributed by atoms with van der Waals surface area (Å²) >= 11 is 0. The Morgan fingerprint density at radius 3 is 3.00 bits per heavy atom. The van der Waals surface area contributed by atoms with Crippen molar-refractivity contribution in [3.8, 4) is 0 Å². The second-order valence-electron chi connectivity index (χ2n) is 3.96. The molecule has 0 amide bonds. The highest BCUT2D eigenvalue weighted by Gasteiger charge is 2.31. The van der Waals surface area contributed by atoms with Gasteiger partial charge in [0.2, 0.25) is 0 Å². The molecule has 0 saturated carbocycles. The highest BCUT2D eigenvalue weighted by atomic mass is 19.3. The van der Waals surface area contributed by atoms with E-state index >= 15 is 0 Å². The number of aryl methyl sites for hydroxylation is 1. The average molecular weight is 212 g/mol. The highest BCUT2D eigenvalue weighted by Crippen LogP contribution is 2.33. The topological polar surface area (TPSA) is 38.9 Å². The standard InChI is InChI=1S/C11H14F2N2/c12-11(13)9(14)8-5-1-3-7-4-2-6-15-10(7)8/h2,4,6,8-9,11H,1,3,5,14H2. The molecule has 1 aliphatic rings. The molecule has 0 aliphatic heterocycles. The smallest absolute Gasteiger partial charge is 0.254 e. The Morgan fingerprint density at radius 2 is 2.27 bits per heavy atom. The van der Waals surface area contributed by atoms with Crippen molar-refractivity contribution in [1.82, 2.24) is 4.98 Å². The van der Waals surface area contributed by atoms with Gasteiger partial charge >= 0.3 is 0 Å². The zero-order chi connectivity index (χ0) is 10.8. The molecule has 1 aromatic heterocycles. The van der Waals surface area contributed by atoms with E-state index in [1.807, 2.05) is 12.1 Å². The maximum Gasteiger partial charge on any atom is 0.254 e. The molecular formula is C11H14F2N2. The van der Waals surface area contributed by atoms with Crippen LogP contribution in [0.15, 0.2) is 18.3 Å². The zero-order valence-corrected chi connectivity index (χ0v) is 8.37. The lowest BCUT2D eigenvalue weighted by atomic mass is 9.82. The lowest BCUT2D eigenvalue weighted by molar-refractivity contribution is 0.0994. The molecular weight excluding hydrogens is 198 g/mol. The molecule has 2 N–H and O–H groups in total. The second-order valence-corrected chi connectivity index (χ2v) is 3.96. The molecule has 1 heterocycles. The Balaban J connectivity index is 2.29. The molecule has 2 unspecified atom stereocenters. The number of hydrogen-bond acceptors (Lipinski definition) is 2. The van der Waals surface area contributed by atoms with Gasteiger partial charge in [-0.2, -0.15) is 0 Å². The summed E-state index contributed by atoms with van der Waals surface area (Å²) < 4.78 is 25.1. The van der Waals surface area contributed by atoms with Gasteiger partial charge in [0.1, 0.15) is 0 Å². The Morgan fingerprint density at radius 1 is 1.47 bits per heavy atom. The Labute approximate surface area is 87.5 Å². The number of halogens is 2. The van der Waals surface area contributed by atoms with Crippen molar-refractivity contribution < 1.29 is 8.78 Å². The first-order chi connectivity index (χ1) is 7.20. The Hall–Kier alpha value is -1.03. The molecule has 0 radical (unpaired) electrons. The number of pyridine rings is 1. The fourth-order valence-electron chi connectivity index (χ4n) is 2.20. The minimum atomic E-state index is -2.47. The number of alkyl halides is 2. The van der Waals surface area contributed by atoms with Gasteiger partial charge in [0.15, 0.2) is 0 Å². The van der Waals surface area contributed by atoms with Crippen molar-refractivity contribution in [2.24, 2.45) is 5.73 Å². The minimum absolute atomic E-state index is 0.282. The van der Waals surface area contributed by atoms with E-state index in [2.05, 4.69) is 4.98 Å². The van der Waals surface area contributed by atoms with Gasteiger partial charge in [-0.3, -0.25) is 4.98 Å². The van der Waals surface area contributed by atoms with Crippen LogP contribution in [-0.2, 0) is 6.42 Å². The van der Waals surface area contributed by atoms with E-state index in [4.69, 9.17) is 5.73 Å². The minimum Gasteiger partial charge on any atom is -0.322 e. The van der Waals surface area contributed by atoms with Gasteiger partial charge in [-0.05, 0) is 30.9 Å². The highest BCUT2D eigenvalue weighted by molar-refractivity contribution is 5.27. The third-order valence-corrected chi connectivity index (χ3v) is 2.99. The van der Waals surface area contributed by atoms with Crippen molar-refractivity contribution in [2.45, 2.75) is 37.6 Å². The third kappa shape index (κ3) is 2.00. The van der Waals surface area contributed by atoms with Gasteiger partial charge in [-0.15, -0.1) is 0 Å².